The number of carbonyl (C=O) groups is 1. The number of benzene rings is 3. The van der Waals surface area contributed by atoms with Crippen LogP contribution in [0.5, 0.6) is 0 Å². The number of aryl methyl sites for hydroxylation is 1. The molecule has 1 N–H and O–H groups in total. The van der Waals surface area contributed by atoms with E-state index < -0.39 is 10.0 Å². The van der Waals surface area contributed by atoms with Crippen molar-refractivity contribution >= 4 is 38.9 Å². The summed E-state index contributed by atoms with van der Waals surface area (Å²) in [5.74, 6) is -0.375. The molecule has 3 aromatic carbocycles. The van der Waals surface area contributed by atoms with Gasteiger partial charge in [0.1, 0.15) is 0 Å². The lowest BCUT2D eigenvalue weighted by Crippen LogP contribution is -2.27. The van der Waals surface area contributed by atoms with E-state index in [1.807, 2.05) is 0 Å². The smallest absolute Gasteiger partial charge is 0.264 e. The van der Waals surface area contributed by atoms with Crippen LogP contribution in [0.15, 0.2) is 77.7 Å². The second-order valence-corrected chi connectivity index (χ2v) is 8.60. The predicted molar refractivity (Wildman–Crippen MR) is 113 cm³/mol. The zero-order valence-corrected chi connectivity index (χ0v) is 17.0. The first-order valence-corrected chi connectivity index (χ1v) is 10.3. The Morgan fingerprint density at radius 1 is 0.964 bits per heavy atom. The fourth-order valence-electron chi connectivity index (χ4n) is 2.73. The van der Waals surface area contributed by atoms with Crippen LogP contribution in [0, 0.1) is 6.92 Å². The number of para-hydroxylation sites is 1. The largest absolute Gasteiger partial charge is 0.321 e. The average molecular weight is 415 g/mol. The molecule has 1 amide bonds. The van der Waals surface area contributed by atoms with Crippen molar-refractivity contribution in [3.63, 3.8) is 0 Å². The predicted octanol–water partition coefficient (Wildman–Crippen LogP) is 4.73. The molecule has 3 aromatic rings. The average Bonchev–Trinajstić information content (AvgIpc) is 2.70. The van der Waals surface area contributed by atoms with Gasteiger partial charge >= 0.3 is 0 Å². The molecule has 0 saturated heterocycles. The number of carbonyl (C=O) groups excluding carboxylic acids is 1. The van der Waals surface area contributed by atoms with Gasteiger partial charge in [0, 0.05) is 12.6 Å². The molecule has 5 nitrogen and oxygen atoms in total. The van der Waals surface area contributed by atoms with E-state index in [1.54, 1.807) is 67.6 Å². The van der Waals surface area contributed by atoms with Crippen molar-refractivity contribution < 1.29 is 13.2 Å². The fourth-order valence-corrected chi connectivity index (χ4v) is 4.18. The molecule has 7 heteroatoms. The van der Waals surface area contributed by atoms with Gasteiger partial charge in [0.2, 0.25) is 0 Å². The third-order valence-corrected chi connectivity index (χ3v) is 6.45. The Kier molecular flexibility index (Phi) is 5.72. The van der Waals surface area contributed by atoms with Gasteiger partial charge in [-0.1, -0.05) is 48.0 Å². The van der Waals surface area contributed by atoms with E-state index in [4.69, 9.17) is 11.6 Å². The topological polar surface area (TPSA) is 66.5 Å². The van der Waals surface area contributed by atoms with Gasteiger partial charge in [0.15, 0.2) is 0 Å². The Labute approximate surface area is 169 Å². The van der Waals surface area contributed by atoms with Crippen LogP contribution in [0.2, 0.25) is 5.02 Å². The van der Waals surface area contributed by atoms with Crippen molar-refractivity contribution in [2.24, 2.45) is 0 Å². The monoisotopic (exact) mass is 414 g/mol. The molecular weight excluding hydrogens is 396 g/mol. The SMILES string of the molecule is Cc1ccc(C(=O)Nc2ccccc2Cl)cc1N(C)S(=O)(=O)c1ccccc1. The number of hydrogen-bond donors (Lipinski definition) is 1. The molecule has 0 unspecified atom stereocenters. The molecule has 0 spiro atoms. The van der Waals surface area contributed by atoms with Gasteiger partial charge < -0.3 is 5.32 Å². The van der Waals surface area contributed by atoms with E-state index in [1.165, 1.54) is 23.5 Å². The second kappa shape index (κ2) is 8.04. The van der Waals surface area contributed by atoms with Crippen molar-refractivity contribution in [1.82, 2.24) is 0 Å². The quantitative estimate of drug-likeness (QED) is 0.656. The molecule has 3 rings (SSSR count). The lowest BCUT2D eigenvalue weighted by atomic mass is 10.1. The maximum atomic E-state index is 12.9. The van der Waals surface area contributed by atoms with Gasteiger partial charge in [-0.2, -0.15) is 0 Å². The third-order valence-electron chi connectivity index (χ3n) is 4.33. The fraction of sp³-hybridized carbons (Fsp3) is 0.0952. The van der Waals surface area contributed by atoms with E-state index in [0.29, 0.717) is 22.0 Å². The number of nitrogens with zero attached hydrogens (tertiary/aromatic N) is 1. The highest BCUT2D eigenvalue weighted by molar-refractivity contribution is 7.92. The van der Waals surface area contributed by atoms with Crippen molar-refractivity contribution in [3.8, 4) is 0 Å². The molecular formula is C21H19ClN2O3S. The summed E-state index contributed by atoms with van der Waals surface area (Å²) in [4.78, 5) is 12.8. The standard InChI is InChI=1S/C21H19ClN2O3S/c1-15-12-13-16(21(25)23-19-11-7-6-10-18(19)22)14-20(15)24(2)28(26,27)17-8-4-3-5-9-17/h3-14H,1-2H3,(H,23,25). The summed E-state index contributed by atoms with van der Waals surface area (Å²) in [6.45, 7) is 1.79. The minimum Gasteiger partial charge on any atom is -0.321 e. The highest BCUT2D eigenvalue weighted by Gasteiger charge is 2.23. The lowest BCUT2D eigenvalue weighted by molar-refractivity contribution is 0.102. The first kappa shape index (κ1) is 19.9. The first-order chi connectivity index (χ1) is 13.3. The Balaban J connectivity index is 1.93. The maximum absolute atomic E-state index is 12.9. The van der Waals surface area contributed by atoms with Crippen molar-refractivity contribution in [2.45, 2.75) is 11.8 Å². The zero-order chi connectivity index (χ0) is 20.3. The molecule has 0 radical (unpaired) electrons. The van der Waals surface area contributed by atoms with E-state index >= 15 is 0 Å². The summed E-state index contributed by atoms with van der Waals surface area (Å²) in [6.07, 6.45) is 0. The Hall–Kier alpha value is -2.83. The minimum atomic E-state index is -3.74. The number of hydrogen-bond acceptors (Lipinski definition) is 3. The summed E-state index contributed by atoms with van der Waals surface area (Å²) in [6, 6.07) is 20.0. The number of sulfonamides is 1. The van der Waals surface area contributed by atoms with E-state index in [0.717, 1.165) is 5.56 Å². The van der Waals surface area contributed by atoms with Crippen LogP contribution in [0.3, 0.4) is 0 Å². The third kappa shape index (κ3) is 4.03. The van der Waals surface area contributed by atoms with Crippen LogP contribution < -0.4 is 9.62 Å². The van der Waals surface area contributed by atoms with Crippen molar-refractivity contribution in [3.05, 3.63) is 88.9 Å². The minimum absolute atomic E-state index is 0.183. The molecule has 28 heavy (non-hydrogen) atoms. The van der Waals surface area contributed by atoms with Gasteiger partial charge in [-0.05, 0) is 48.9 Å². The Bertz CT molecular complexity index is 1120. The van der Waals surface area contributed by atoms with Crippen LogP contribution in [0.4, 0.5) is 11.4 Å². The normalized spacial score (nSPS) is 11.1. The number of nitrogens with one attached hydrogen (secondary N) is 1. The molecule has 0 aliphatic carbocycles. The van der Waals surface area contributed by atoms with Crippen LogP contribution in [-0.2, 0) is 10.0 Å². The van der Waals surface area contributed by atoms with Crippen LogP contribution in [-0.4, -0.2) is 21.4 Å². The molecule has 0 aromatic heterocycles. The van der Waals surface area contributed by atoms with Gasteiger partial charge in [0.25, 0.3) is 15.9 Å². The number of halogens is 1. The highest BCUT2D eigenvalue weighted by atomic mass is 35.5. The van der Waals surface area contributed by atoms with E-state index in [2.05, 4.69) is 5.32 Å². The maximum Gasteiger partial charge on any atom is 0.264 e. The summed E-state index contributed by atoms with van der Waals surface area (Å²) in [5, 5.41) is 3.17. The second-order valence-electron chi connectivity index (χ2n) is 6.22. The molecule has 0 bridgehead atoms. The molecule has 0 heterocycles. The van der Waals surface area contributed by atoms with Gasteiger partial charge in [-0.25, -0.2) is 8.42 Å². The number of anilines is 2. The first-order valence-electron chi connectivity index (χ1n) is 8.51. The Morgan fingerprint density at radius 3 is 2.29 bits per heavy atom. The van der Waals surface area contributed by atoms with Crippen LogP contribution in [0.25, 0.3) is 0 Å². The number of rotatable bonds is 5. The van der Waals surface area contributed by atoms with Gasteiger partial charge in [-0.3, -0.25) is 9.10 Å². The Morgan fingerprint density at radius 2 is 1.61 bits per heavy atom. The molecule has 0 aliphatic rings. The zero-order valence-electron chi connectivity index (χ0n) is 15.4. The highest BCUT2D eigenvalue weighted by Crippen LogP contribution is 2.27. The summed E-state index contributed by atoms with van der Waals surface area (Å²) >= 11 is 6.09. The summed E-state index contributed by atoms with van der Waals surface area (Å²) < 4.78 is 27.0. The van der Waals surface area contributed by atoms with Gasteiger partial charge in [0.05, 0.1) is 21.3 Å². The molecule has 0 saturated carbocycles. The molecule has 144 valence electrons. The lowest BCUT2D eigenvalue weighted by Gasteiger charge is -2.22. The van der Waals surface area contributed by atoms with E-state index in [9.17, 15) is 13.2 Å². The summed E-state index contributed by atoms with van der Waals surface area (Å²) in [7, 11) is -2.27. The van der Waals surface area contributed by atoms with Crippen LogP contribution in [0.1, 0.15) is 15.9 Å². The van der Waals surface area contributed by atoms with E-state index in [-0.39, 0.29) is 10.8 Å². The number of amides is 1. The molecule has 0 fully saturated rings. The van der Waals surface area contributed by atoms with Crippen molar-refractivity contribution in [1.29, 1.82) is 0 Å². The molecule has 0 aliphatic heterocycles. The molecule has 0 atom stereocenters. The summed E-state index contributed by atoms with van der Waals surface area (Å²) in [5.41, 5.74) is 1.98. The van der Waals surface area contributed by atoms with Crippen molar-refractivity contribution in [2.75, 3.05) is 16.7 Å². The van der Waals surface area contributed by atoms with Gasteiger partial charge in [-0.15, -0.1) is 0 Å². The van der Waals surface area contributed by atoms with Crippen LogP contribution >= 0.6 is 11.6 Å².